The van der Waals surface area contributed by atoms with Gasteiger partial charge in [0, 0.05) is 24.8 Å². The van der Waals surface area contributed by atoms with Gasteiger partial charge in [0.05, 0.1) is 0 Å². The maximum Gasteiger partial charge on any atom is 0.322 e. The highest BCUT2D eigenvalue weighted by Crippen LogP contribution is 2.19. The van der Waals surface area contributed by atoms with Gasteiger partial charge in [-0.1, -0.05) is 12.1 Å². The van der Waals surface area contributed by atoms with Crippen LogP contribution in [0.5, 0.6) is 0 Å². The predicted molar refractivity (Wildman–Crippen MR) is 59.7 cm³/mol. The minimum Gasteiger partial charge on any atom is -0.333 e. The zero-order valence-electron chi connectivity index (χ0n) is 8.73. The highest BCUT2D eigenvalue weighted by Gasteiger charge is 2.26. The number of amides is 2. The molecular weight excluding hydrogens is 190 g/mol. The van der Waals surface area contributed by atoms with Crippen LogP contribution in [0.4, 0.5) is 10.5 Å². The Morgan fingerprint density at radius 2 is 2.40 bits per heavy atom. The molecule has 1 aromatic carbocycles. The number of urea groups is 1. The van der Waals surface area contributed by atoms with Gasteiger partial charge >= 0.3 is 6.03 Å². The lowest BCUT2D eigenvalue weighted by Gasteiger charge is -2.15. The van der Waals surface area contributed by atoms with E-state index in [0.717, 1.165) is 11.3 Å². The minimum absolute atomic E-state index is 0.0309. The zero-order valence-corrected chi connectivity index (χ0v) is 8.73. The second-order valence-electron chi connectivity index (χ2n) is 3.84. The van der Waals surface area contributed by atoms with Crippen molar-refractivity contribution in [2.45, 2.75) is 19.5 Å². The average molecular weight is 205 g/mol. The van der Waals surface area contributed by atoms with Crippen LogP contribution in [0, 0.1) is 0 Å². The molecule has 4 heteroatoms. The summed E-state index contributed by atoms with van der Waals surface area (Å²) in [4.78, 5) is 13.3. The maximum atomic E-state index is 11.6. The van der Waals surface area contributed by atoms with Crippen LogP contribution in [0.1, 0.15) is 12.5 Å². The molecule has 2 amide bonds. The molecule has 0 saturated carbocycles. The molecule has 4 nitrogen and oxygen atoms in total. The summed E-state index contributed by atoms with van der Waals surface area (Å²) in [5.74, 6) is 0. The van der Waals surface area contributed by atoms with Crippen LogP contribution >= 0.6 is 0 Å². The topological polar surface area (TPSA) is 58.4 Å². The lowest BCUT2D eigenvalue weighted by atomic mass is 10.2. The third-order valence-corrected chi connectivity index (χ3v) is 2.53. The van der Waals surface area contributed by atoms with Gasteiger partial charge in [-0.15, -0.1) is 0 Å². The highest BCUT2D eigenvalue weighted by atomic mass is 16.2. The largest absolute Gasteiger partial charge is 0.333 e. The van der Waals surface area contributed by atoms with Crippen LogP contribution in [0.3, 0.4) is 0 Å². The fraction of sp³-hybridized carbons (Fsp3) is 0.364. The molecule has 0 bridgehead atoms. The number of nitrogens with zero attached hydrogens (tertiary/aromatic N) is 1. The van der Waals surface area contributed by atoms with Crippen LogP contribution in [0.25, 0.3) is 0 Å². The zero-order chi connectivity index (χ0) is 10.8. The summed E-state index contributed by atoms with van der Waals surface area (Å²) < 4.78 is 0. The van der Waals surface area contributed by atoms with E-state index in [1.165, 1.54) is 0 Å². The summed E-state index contributed by atoms with van der Waals surface area (Å²) in [7, 11) is 0. The van der Waals surface area contributed by atoms with Crippen molar-refractivity contribution in [2.75, 3.05) is 11.4 Å². The maximum absolute atomic E-state index is 11.6. The first-order chi connectivity index (χ1) is 7.20. The Labute approximate surface area is 89.1 Å². The van der Waals surface area contributed by atoms with Crippen molar-refractivity contribution in [1.82, 2.24) is 5.32 Å². The molecule has 1 aromatic rings. The summed E-state index contributed by atoms with van der Waals surface area (Å²) >= 11 is 0. The summed E-state index contributed by atoms with van der Waals surface area (Å²) in [5.41, 5.74) is 7.52. The van der Waals surface area contributed by atoms with Crippen molar-refractivity contribution >= 4 is 11.7 Å². The van der Waals surface area contributed by atoms with Gasteiger partial charge in [-0.05, 0) is 24.6 Å². The molecule has 1 atom stereocenters. The van der Waals surface area contributed by atoms with Crippen LogP contribution in [0.2, 0.25) is 0 Å². The van der Waals surface area contributed by atoms with Crippen LogP contribution < -0.4 is 16.0 Å². The standard InChI is InChI=1S/C11H15N3O/c1-8-7-14(11(15)13-8)10-4-2-3-9(5-10)6-12/h2-5,8H,6-7,12H2,1H3,(H,13,15). The van der Waals surface area contributed by atoms with E-state index in [4.69, 9.17) is 5.73 Å². The lowest BCUT2D eigenvalue weighted by Crippen LogP contribution is -2.28. The third-order valence-electron chi connectivity index (χ3n) is 2.53. The molecule has 0 aliphatic carbocycles. The Morgan fingerprint density at radius 1 is 1.60 bits per heavy atom. The van der Waals surface area contributed by atoms with Crippen LogP contribution in [-0.4, -0.2) is 18.6 Å². The first kappa shape index (κ1) is 9.98. The fourth-order valence-corrected chi connectivity index (χ4v) is 1.77. The first-order valence-corrected chi connectivity index (χ1v) is 5.08. The van der Waals surface area contributed by atoms with E-state index >= 15 is 0 Å². The number of anilines is 1. The minimum atomic E-state index is -0.0309. The molecule has 1 aliphatic rings. The number of nitrogens with one attached hydrogen (secondary N) is 1. The Hall–Kier alpha value is -1.55. The van der Waals surface area contributed by atoms with E-state index in [9.17, 15) is 4.79 Å². The van der Waals surface area contributed by atoms with E-state index < -0.39 is 0 Å². The number of carbonyl (C=O) groups excluding carboxylic acids is 1. The smallest absolute Gasteiger partial charge is 0.322 e. The van der Waals surface area contributed by atoms with E-state index in [-0.39, 0.29) is 12.1 Å². The molecule has 0 aromatic heterocycles. The molecule has 1 fully saturated rings. The lowest BCUT2D eigenvalue weighted by molar-refractivity contribution is 0.251. The number of hydrogen-bond acceptors (Lipinski definition) is 2. The molecule has 80 valence electrons. The number of nitrogens with two attached hydrogens (primary N) is 1. The summed E-state index contributed by atoms with van der Waals surface area (Å²) in [6.07, 6.45) is 0. The monoisotopic (exact) mass is 205 g/mol. The second kappa shape index (κ2) is 3.90. The summed E-state index contributed by atoms with van der Waals surface area (Å²) in [6.45, 7) is 3.20. The van der Waals surface area contributed by atoms with Crippen molar-refractivity contribution in [1.29, 1.82) is 0 Å². The van der Waals surface area contributed by atoms with Crippen LogP contribution in [-0.2, 0) is 6.54 Å². The molecule has 1 unspecified atom stereocenters. The van der Waals surface area contributed by atoms with Gasteiger partial charge < -0.3 is 11.1 Å². The molecule has 0 radical (unpaired) electrons. The molecule has 2 rings (SSSR count). The van der Waals surface area contributed by atoms with E-state index in [1.807, 2.05) is 31.2 Å². The van der Waals surface area contributed by atoms with Gasteiger partial charge in [0.1, 0.15) is 0 Å². The van der Waals surface area contributed by atoms with Crippen molar-refractivity contribution in [2.24, 2.45) is 5.73 Å². The van der Waals surface area contributed by atoms with Crippen molar-refractivity contribution < 1.29 is 4.79 Å². The third kappa shape index (κ3) is 1.94. The highest BCUT2D eigenvalue weighted by molar-refractivity contribution is 5.94. The van der Waals surface area contributed by atoms with Gasteiger partial charge in [0.2, 0.25) is 0 Å². The van der Waals surface area contributed by atoms with Crippen molar-refractivity contribution in [3.05, 3.63) is 29.8 Å². The molecule has 3 N–H and O–H groups in total. The number of hydrogen-bond donors (Lipinski definition) is 2. The molecule has 1 heterocycles. The Bertz CT molecular complexity index is 378. The van der Waals surface area contributed by atoms with E-state index in [2.05, 4.69) is 5.32 Å². The van der Waals surface area contributed by atoms with Gasteiger partial charge in [0.25, 0.3) is 0 Å². The Morgan fingerprint density at radius 3 is 3.00 bits per heavy atom. The van der Waals surface area contributed by atoms with E-state index in [1.54, 1.807) is 4.90 Å². The number of rotatable bonds is 2. The normalized spacial score (nSPS) is 20.5. The Kier molecular flexibility index (Phi) is 2.60. The van der Waals surface area contributed by atoms with Gasteiger partial charge in [-0.25, -0.2) is 4.79 Å². The van der Waals surface area contributed by atoms with Gasteiger partial charge in [-0.2, -0.15) is 0 Å². The predicted octanol–water partition coefficient (Wildman–Crippen LogP) is 1.06. The number of benzene rings is 1. The second-order valence-corrected chi connectivity index (χ2v) is 3.84. The molecular formula is C11H15N3O. The molecule has 0 spiro atoms. The van der Waals surface area contributed by atoms with Crippen molar-refractivity contribution in [3.63, 3.8) is 0 Å². The molecule has 1 saturated heterocycles. The van der Waals surface area contributed by atoms with Crippen LogP contribution in [0.15, 0.2) is 24.3 Å². The molecule has 1 aliphatic heterocycles. The first-order valence-electron chi connectivity index (χ1n) is 5.08. The summed E-state index contributed by atoms with van der Waals surface area (Å²) in [5, 5.41) is 2.86. The number of carbonyl (C=O) groups is 1. The SMILES string of the molecule is CC1CN(c2cccc(CN)c2)C(=O)N1. The summed E-state index contributed by atoms with van der Waals surface area (Å²) in [6, 6.07) is 7.94. The van der Waals surface area contributed by atoms with E-state index in [0.29, 0.717) is 13.1 Å². The molecule has 15 heavy (non-hydrogen) atoms. The fourth-order valence-electron chi connectivity index (χ4n) is 1.77. The Balaban J connectivity index is 2.25. The quantitative estimate of drug-likeness (QED) is 0.758. The van der Waals surface area contributed by atoms with Crippen molar-refractivity contribution in [3.8, 4) is 0 Å². The van der Waals surface area contributed by atoms with Gasteiger partial charge in [0.15, 0.2) is 0 Å². The average Bonchev–Trinajstić information content (AvgIpc) is 2.58. The van der Waals surface area contributed by atoms with Gasteiger partial charge in [-0.3, -0.25) is 4.90 Å².